The van der Waals surface area contributed by atoms with E-state index in [2.05, 4.69) is 11.1 Å². The first-order valence-corrected chi connectivity index (χ1v) is 9.62. The zero-order valence-electron chi connectivity index (χ0n) is 17.0. The quantitative estimate of drug-likeness (QED) is 0.621. The summed E-state index contributed by atoms with van der Waals surface area (Å²) >= 11 is 0. The van der Waals surface area contributed by atoms with Crippen molar-refractivity contribution in [1.82, 2.24) is 19.7 Å². The maximum atomic E-state index is 12.3. The number of pyridine rings is 1. The minimum atomic E-state index is -0.554. The maximum absolute atomic E-state index is 12.3. The summed E-state index contributed by atoms with van der Waals surface area (Å²) in [6, 6.07) is 10.9. The summed E-state index contributed by atoms with van der Waals surface area (Å²) in [5, 5.41) is 15.0. The van der Waals surface area contributed by atoms with Crippen LogP contribution in [0.15, 0.2) is 36.5 Å². The van der Waals surface area contributed by atoms with E-state index in [9.17, 15) is 14.9 Å². The fraction of sp³-hybridized carbons (Fsp3) is 0.318. The first-order valence-electron chi connectivity index (χ1n) is 9.62. The Labute approximate surface area is 173 Å². The predicted octanol–water partition coefficient (Wildman–Crippen LogP) is 3.44. The summed E-state index contributed by atoms with van der Waals surface area (Å²) in [5.74, 6) is -0.0215. The van der Waals surface area contributed by atoms with Crippen LogP contribution in [-0.4, -0.2) is 50.7 Å². The lowest BCUT2D eigenvalue weighted by Crippen LogP contribution is -2.50. The molecule has 1 fully saturated rings. The van der Waals surface area contributed by atoms with Crippen LogP contribution in [-0.2, 0) is 4.74 Å². The van der Waals surface area contributed by atoms with Gasteiger partial charge in [-0.2, -0.15) is 10.4 Å². The summed E-state index contributed by atoms with van der Waals surface area (Å²) in [5.41, 5.74) is 2.53. The van der Waals surface area contributed by atoms with Crippen LogP contribution in [0.1, 0.15) is 48.3 Å². The predicted molar refractivity (Wildman–Crippen MR) is 110 cm³/mol. The van der Waals surface area contributed by atoms with Gasteiger partial charge < -0.3 is 9.64 Å². The molecular formula is C22H21N5O3. The molecule has 1 aromatic carbocycles. The molecule has 0 atom stereocenters. The molecule has 4 rings (SSSR count). The van der Waals surface area contributed by atoms with Crippen LogP contribution >= 0.6 is 0 Å². The molecule has 0 bridgehead atoms. The second-order valence-electron chi connectivity index (χ2n) is 8.26. The molecule has 0 saturated carbocycles. The normalized spacial score (nSPS) is 14.3. The highest BCUT2D eigenvalue weighted by molar-refractivity contribution is 5.87. The highest BCUT2D eigenvalue weighted by Gasteiger charge is 2.37. The zero-order chi connectivity index (χ0) is 21.5. The van der Waals surface area contributed by atoms with Crippen molar-refractivity contribution in [3.05, 3.63) is 53.3 Å². The largest absolute Gasteiger partial charge is 0.444 e. The fourth-order valence-corrected chi connectivity index (χ4v) is 3.45. The minimum Gasteiger partial charge on any atom is -0.444 e. The number of aromatic nitrogens is 3. The topological polar surface area (TPSA) is 101 Å². The van der Waals surface area contributed by atoms with Gasteiger partial charge in [0.2, 0.25) is 0 Å². The lowest BCUT2D eigenvalue weighted by molar-refractivity contribution is 0.00794. The van der Waals surface area contributed by atoms with Crippen LogP contribution in [0.25, 0.3) is 16.7 Å². The van der Waals surface area contributed by atoms with Gasteiger partial charge in [0.1, 0.15) is 18.0 Å². The monoisotopic (exact) mass is 403 g/mol. The van der Waals surface area contributed by atoms with Gasteiger partial charge >= 0.3 is 6.09 Å². The van der Waals surface area contributed by atoms with Crippen molar-refractivity contribution in [3.8, 4) is 11.8 Å². The van der Waals surface area contributed by atoms with E-state index in [1.165, 1.54) is 0 Å². The van der Waals surface area contributed by atoms with Crippen molar-refractivity contribution in [3.63, 3.8) is 0 Å². The number of nitriles is 1. The van der Waals surface area contributed by atoms with Gasteiger partial charge in [0, 0.05) is 30.8 Å². The Bertz CT molecular complexity index is 1160. The Kier molecular flexibility index (Phi) is 4.74. The molecule has 0 spiro atoms. The van der Waals surface area contributed by atoms with Crippen molar-refractivity contribution < 1.29 is 14.3 Å². The average Bonchev–Trinajstić information content (AvgIpc) is 3.05. The lowest BCUT2D eigenvalue weighted by atomic mass is 9.93. The van der Waals surface area contributed by atoms with E-state index in [0.717, 1.165) is 17.7 Å². The van der Waals surface area contributed by atoms with Crippen LogP contribution in [0, 0.1) is 11.3 Å². The molecule has 0 N–H and O–H groups in total. The molecule has 1 saturated heterocycles. The maximum Gasteiger partial charge on any atom is 0.410 e. The molecule has 1 aliphatic rings. The summed E-state index contributed by atoms with van der Waals surface area (Å²) < 4.78 is 7.10. The van der Waals surface area contributed by atoms with Gasteiger partial charge in [-0.3, -0.25) is 4.79 Å². The molecule has 30 heavy (non-hydrogen) atoms. The van der Waals surface area contributed by atoms with Gasteiger partial charge in [-0.05, 0) is 51.1 Å². The number of likely N-dealkylation sites (tertiary alicyclic amines) is 1. The van der Waals surface area contributed by atoms with Gasteiger partial charge in [-0.25, -0.2) is 14.5 Å². The molecule has 8 heteroatoms. The van der Waals surface area contributed by atoms with Crippen LogP contribution in [0.2, 0.25) is 0 Å². The highest BCUT2D eigenvalue weighted by Crippen LogP contribution is 2.34. The lowest BCUT2D eigenvalue weighted by Gasteiger charge is -2.39. The first-order chi connectivity index (χ1) is 14.3. The number of benzene rings is 1. The number of nitrogens with zero attached hydrogens (tertiary/aromatic N) is 5. The number of aldehydes is 1. The SMILES string of the molecule is CC(C)(C)OC(=O)N1CC(c2nn(-c3ccc(C=O)cc3)c3nccc(C#N)c23)C1. The smallest absolute Gasteiger partial charge is 0.410 e. The fourth-order valence-electron chi connectivity index (χ4n) is 3.45. The number of fused-ring (bicyclic) bond motifs is 1. The van der Waals surface area contributed by atoms with Crippen molar-refractivity contribution in [2.45, 2.75) is 32.3 Å². The second kappa shape index (κ2) is 7.26. The molecule has 0 aliphatic carbocycles. The summed E-state index contributed by atoms with van der Waals surface area (Å²) in [4.78, 5) is 29.3. The Morgan fingerprint density at radius 3 is 2.53 bits per heavy atom. The summed E-state index contributed by atoms with van der Waals surface area (Å²) in [7, 11) is 0. The number of hydrogen-bond acceptors (Lipinski definition) is 6. The Balaban J connectivity index is 1.70. The molecule has 2 aromatic heterocycles. The molecule has 0 radical (unpaired) electrons. The number of ether oxygens (including phenoxy) is 1. The van der Waals surface area contributed by atoms with Crippen molar-refractivity contribution in [1.29, 1.82) is 5.26 Å². The van der Waals surface area contributed by atoms with E-state index >= 15 is 0 Å². The average molecular weight is 403 g/mol. The van der Waals surface area contributed by atoms with Gasteiger partial charge in [0.05, 0.1) is 22.3 Å². The third-order valence-electron chi connectivity index (χ3n) is 4.91. The van der Waals surface area contributed by atoms with Crippen molar-refractivity contribution >= 4 is 23.4 Å². The molecular weight excluding hydrogens is 382 g/mol. The number of amides is 1. The van der Waals surface area contributed by atoms with E-state index in [4.69, 9.17) is 9.84 Å². The Morgan fingerprint density at radius 1 is 1.23 bits per heavy atom. The van der Waals surface area contributed by atoms with Crippen LogP contribution in [0.3, 0.4) is 0 Å². The third kappa shape index (κ3) is 3.50. The second-order valence-corrected chi connectivity index (χ2v) is 8.26. The highest BCUT2D eigenvalue weighted by atomic mass is 16.6. The van der Waals surface area contributed by atoms with Gasteiger partial charge in [-0.1, -0.05) is 0 Å². The molecule has 3 aromatic rings. The number of hydrogen-bond donors (Lipinski definition) is 0. The van der Waals surface area contributed by atoms with Gasteiger partial charge in [0.15, 0.2) is 5.65 Å². The number of rotatable bonds is 3. The molecule has 3 heterocycles. The first kappa shape index (κ1) is 19.6. The van der Waals surface area contributed by atoms with Crippen LogP contribution in [0.5, 0.6) is 0 Å². The molecule has 0 unspecified atom stereocenters. The van der Waals surface area contributed by atoms with E-state index in [1.54, 1.807) is 46.1 Å². The Morgan fingerprint density at radius 2 is 1.93 bits per heavy atom. The third-order valence-corrected chi connectivity index (χ3v) is 4.91. The zero-order valence-corrected chi connectivity index (χ0v) is 17.0. The van der Waals surface area contributed by atoms with E-state index in [-0.39, 0.29) is 12.0 Å². The minimum absolute atomic E-state index is 0.0215. The van der Waals surface area contributed by atoms with Gasteiger partial charge in [-0.15, -0.1) is 0 Å². The summed E-state index contributed by atoms with van der Waals surface area (Å²) in [6.07, 6.45) is 2.00. The van der Waals surface area contributed by atoms with E-state index < -0.39 is 5.60 Å². The summed E-state index contributed by atoms with van der Waals surface area (Å²) in [6.45, 7) is 6.42. The molecule has 152 valence electrons. The number of carbonyl (C=O) groups excluding carboxylic acids is 2. The van der Waals surface area contributed by atoms with Crippen LogP contribution < -0.4 is 0 Å². The molecule has 8 nitrogen and oxygen atoms in total. The molecule has 1 aliphatic heterocycles. The van der Waals surface area contributed by atoms with E-state index in [0.29, 0.717) is 35.2 Å². The molecule has 1 amide bonds. The number of carbonyl (C=O) groups is 2. The van der Waals surface area contributed by atoms with Gasteiger partial charge in [0.25, 0.3) is 0 Å². The standard InChI is InChI=1S/C22H21N5O3/c1-22(2,3)30-21(29)26-11-16(12-26)19-18-15(10-23)8-9-24-20(18)27(25-19)17-6-4-14(13-28)5-7-17/h4-9,13,16H,11-12H2,1-3H3. The van der Waals surface area contributed by atoms with Crippen molar-refractivity contribution in [2.75, 3.05) is 13.1 Å². The van der Waals surface area contributed by atoms with Crippen molar-refractivity contribution in [2.24, 2.45) is 0 Å². The van der Waals surface area contributed by atoms with Crippen LogP contribution in [0.4, 0.5) is 4.79 Å². The van der Waals surface area contributed by atoms with E-state index in [1.807, 2.05) is 20.8 Å². The Hall–Kier alpha value is -3.73.